The number of allylic oxidation sites excluding steroid dienone is 3. The molecule has 1 fully saturated rings. The lowest BCUT2D eigenvalue weighted by Gasteiger charge is -2.16. The van der Waals surface area contributed by atoms with Gasteiger partial charge in [-0.15, -0.1) is 0 Å². The average Bonchev–Trinajstić information content (AvgIpc) is 3.48. The van der Waals surface area contributed by atoms with Crippen LogP contribution in [0.4, 0.5) is 0 Å². The summed E-state index contributed by atoms with van der Waals surface area (Å²) in [5.74, 6) is 2.72. The molecule has 1 heterocycles. The van der Waals surface area contributed by atoms with Crippen molar-refractivity contribution < 1.29 is 19.0 Å². The predicted octanol–water partition coefficient (Wildman–Crippen LogP) is 4.30. The SMILES string of the molecule is C\C=N/C(=C\C=C\Cc1ccc(OC)cc1)NC(=O)C1(c2ccc3c(c2)OCO3)CC1. The largest absolute Gasteiger partial charge is 0.497 e. The number of methoxy groups -OCH3 is 1. The van der Waals surface area contributed by atoms with E-state index in [-0.39, 0.29) is 12.7 Å². The number of carbonyl (C=O) groups excluding carboxylic acids is 1. The van der Waals surface area contributed by atoms with E-state index in [0.717, 1.165) is 36.3 Å². The van der Waals surface area contributed by atoms with Crippen molar-refractivity contribution in [2.75, 3.05) is 13.9 Å². The molecule has 6 nitrogen and oxygen atoms in total. The first-order chi connectivity index (χ1) is 15.1. The molecule has 1 amide bonds. The normalized spacial score (nSPS) is 16.6. The van der Waals surface area contributed by atoms with Gasteiger partial charge in [0.15, 0.2) is 11.5 Å². The van der Waals surface area contributed by atoms with Crippen LogP contribution < -0.4 is 19.5 Å². The molecule has 160 valence electrons. The number of amides is 1. The molecule has 0 saturated heterocycles. The van der Waals surface area contributed by atoms with Gasteiger partial charge >= 0.3 is 0 Å². The van der Waals surface area contributed by atoms with Crippen molar-refractivity contribution in [3.63, 3.8) is 0 Å². The highest BCUT2D eigenvalue weighted by molar-refractivity contribution is 5.92. The Morgan fingerprint density at radius 1 is 1.16 bits per heavy atom. The highest BCUT2D eigenvalue weighted by Crippen LogP contribution is 2.50. The molecular formula is C25H26N2O4. The first-order valence-corrected chi connectivity index (χ1v) is 10.3. The average molecular weight is 418 g/mol. The minimum atomic E-state index is -0.532. The summed E-state index contributed by atoms with van der Waals surface area (Å²) in [4.78, 5) is 17.4. The topological polar surface area (TPSA) is 69.2 Å². The Bertz CT molecular complexity index is 1030. The third-order valence-corrected chi connectivity index (χ3v) is 5.52. The van der Waals surface area contributed by atoms with Crippen molar-refractivity contribution in [1.82, 2.24) is 5.32 Å². The van der Waals surface area contributed by atoms with Crippen molar-refractivity contribution in [3.05, 3.63) is 77.6 Å². The molecule has 2 aromatic rings. The molecule has 1 saturated carbocycles. The second kappa shape index (κ2) is 9.08. The molecule has 2 aliphatic rings. The summed E-state index contributed by atoms with van der Waals surface area (Å²) in [6, 6.07) is 13.7. The molecule has 1 N–H and O–H groups in total. The molecule has 2 aromatic carbocycles. The van der Waals surface area contributed by atoms with Crippen LogP contribution in [0.15, 0.2) is 71.5 Å². The fourth-order valence-electron chi connectivity index (χ4n) is 3.58. The van der Waals surface area contributed by atoms with Gasteiger partial charge < -0.3 is 19.5 Å². The van der Waals surface area contributed by atoms with Crippen molar-refractivity contribution >= 4 is 12.1 Å². The first-order valence-electron chi connectivity index (χ1n) is 10.3. The maximum Gasteiger partial charge on any atom is 0.236 e. The van der Waals surface area contributed by atoms with E-state index in [4.69, 9.17) is 14.2 Å². The lowest BCUT2D eigenvalue weighted by atomic mass is 9.94. The van der Waals surface area contributed by atoms with Crippen LogP contribution in [0.5, 0.6) is 17.2 Å². The Kier molecular flexibility index (Phi) is 6.07. The van der Waals surface area contributed by atoms with Gasteiger partial charge in [0.1, 0.15) is 11.6 Å². The molecule has 4 rings (SSSR count). The van der Waals surface area contributed by atoms with Crippen LogP contribution in [0.25, 0.3) is 0 Å². The number of carbonyl (C=O) groups is 1. The standard InChI is InChI=1S/C25H26N2O4/c1-3-26-23(7-5-4-6-18-8-11-20(29-2)12-9-18)27-24(28)25(14-15-25)19-10-13-21-22(16-19)31-17-30-21/h3-5,7-13,16H,6,14-15,17H2,1-2H3,(H,27,28)/b5-4+,23-7+,26-3-. The van der Waals surface area contributed by atoms with Crippen LogP contribution in [0, 0.1) is 0 Å². The number of fused-ring (bicyclic) bond motifs is 1. The molecule has 6 heteroatoms. The number of nitrogens with zero attached hydrogens (tertiary/aromatic N) is 1. The van der Waals surface area contributed by atoms with E-state index in [2.05, 4.69) is 10.3 Å². The minimum Gasteiger partial charge on any atom is -0.497 e. The summed E-state index contributed by atoms with van der Waals surface area (Å²) >= 11 is 0. The van der Waals surface area contributed by atoms with E-state index in [1.165, 1.54) is 5.56 Å². The molecule has 1 aliphatic carbocycles. The van der Waals surface area contributed by atoms with E-state index in [1.807, 2.05) is 67.6 Å². The molecule has 0 atom stereocenters. The Morgan fingerprint density at radius 2 is 1.94 bits per heavy atom. The van der Waals surface area contributed by atoms with E-state index < -0.39 is 5.41 Å². The zero-order chi connectivity index (χ0) is 21.7. The summed E-state index contributed by atoms with van der Waals surface area (Å²) in [6.07, 6.45) is 9.81. The molecule has 0 bridgehead atoms. The van der Waals surface area contributed by atoms with Crippen LogP contribution in [0.2, 0.25) is 0 Å². The van der Waals surface area contributed by atoms with Crippen LogP contribution >= 0.6 is 0 Å². The van der Waals surface area contributed by atoms with E-state index >= 15 is 0 Å². The van der Waals surface area contributed by atoms with Gasteiger partial charge in [0, 0.05) is 6.21 Å². The van der Waals surface area contributed by atoms with Gasteiger partial charge in [-0.1, -0.05) is 30.4 Å². The van der Waals surface area contributed by atoms with Crippen LogP contribution in [0.1, 0.15) is 30.9 Å². The molecular weight excluding hydrogens is 392 g/mol. The number of rotatable bonds is 8. The molecule has 0 radical (unpaired) electrons. The maximum absolute atomic E-state index is 13.1. The fourth-order valence-corrected chi connectivity index (χ4v) is 3.58. The Balaban J connectivity index is 1.41. The zero-order valence-corrected chi connectivity index (χ0v) is 17.8. The van der Waals surface area contributed by atoms with Crippen LogP contribution in [-0.2, 0) is 16.6 Å². The highest BCUT2D eigenvalue weighted by atomic mass is 16.7. The smallest absolute Gasteiger partial charge is 0.236 e. The predicted molar refractivity (Wildman–Crippen MR) is 120 cm³/mol. The number of hydrogen-bond donors (Lipinski definition) is 1. The summed E-state index contributed by atoms with van der Waals surface area (Å²) in [5.41, 5.74) is 1.59. The van der Waals surface area contributed by atoms with Gasteiger partial charge in [-0.05, 0) is 67.7 Å². The Hall–Kier alpha value is -3.54. The molecule has 31 heavy (non-hydrogen) atoms. The van der Waals surface area contributed by atoms with Crippen molar-refractivity contribution in [3.8, 4) is 17.2 Å². The lowest BCUT2D eigenvalue weighted by molar-refractivity contribution is -0.122. The van der Waals surface area contributed by atoms with E-state index in [9.17, 15) is 4.79 Å². The maximum atomic E-state index is 13.1. The number of nitrogens with one attached hydrogen (secondary N) is 1. The molecule has 0 aromatic heterocycles. The van der Waals surface area contributed by atoms with Gasteiger partial charge in [-0.2, -0.15) is 0 Å². The van der Waals surface area contributed by atoms with Gasteiger partial charge in [-0.25, -0.2) is 4.99 Å². The number of hydrogen-bond acceptors (Lipinski definition) is 5. The number of benzene rings is 2. The first kappa shape index (κ1) is 20.7. The zero-order valence-electron chi connectivity index (χ0n) is 17.8. The van der Waals surface area contributed by atoms with Gasteiger partial charge in [0.2, 0.25) is 12.7 Å². The number of aliphatic imine (C=N–C) groups is 1. The second-order valence-corrected chi connectivity index (χ2v) is 7.52. The van der Waals surface area contributed by atoms with Crippen LogP contribution in [-0.4, -0.2) is 26.0 Å². The van der Waals surface area contributed by atoms with E-state index in [0.29, 0.717) is 11.6 Å². The van der Waals surface area contributed by atoms with Gasteiger partial charge in [-0.3, -0.25) is 4.79 Å². The van der Waals surface area contributed by atoms with Gasteiger partial charge in [0.25, 0.3) is 0 Å². The molecule has 0 unspecified atom stereocenters. The quantitative estimate of drug-likeness (QED) is 0.513. The van der Waals surface area contributed by atoms with Gasteiger partial charge in [0.05, 0.1) is 12.5 Å². The fraction of sp³-hybridized carbons (Fsp3) is 0.280. The summed E-state index contributed by atoms with van der Waals surface area (Å²) in [7, 11) is 1.65. The third kappa shape index (κ3) is 4.63. The van der Waals surface area contributed by atoms with Crippen molar-refractivity contribution in [1.29, 1.82) is 0 Å². The number of ether oxygens (including phenoxy) is 3. The van der Waals surface area contributed by atoms with E-state index in [1.54, 1.807) is 13.3 Å². The van der Waals surface area contributed by atoms with Crippen LogP contribution in [0.3, 0.4) is 0 Å². The second-order valence-electron chi connectivity index (χ2n) is 7.52. The molecule has 0 spiro atoms. The Morgan fingerprint density at radius 3 is 2.65 bits per heavy atom. The monoisotopic (exact) mass is 418 g/mol. The highest BCUT2D eigenvalue weighted by Gasteiger charge is 2.51. The summed E-state index contributed by atoms with van der Waals surface area (Å²) < 4.78 is 16.0. The lowest BCUT2D eigenvalue weighted by Crippen LogP contribution is -2.33. The Labute approximate surface area is 182 Å². The summed E-state index contributed by atoms with van der Waals surface area (Å²) in [5, 5.41) is 2.99. The van der Waals surface area contributed by atoms with Crippen molar-refractivity contribution in [2.45, 2.75) is 31.6 Å². The third-order valence-electron chi connectivity index (χ3n) is 5.52. The summed E-state index contributed by atoms with van der Waals surface area (Å²) in [6.45, 7) is 2.05. The van der Waals surface area contributed by atoms with Crippen molar-refractivity contribution in [2.24, 2.45) is 4.99 Å². The minimum absolute atomic E-state index is 0.0493. The molecule has 1 aliphatic heterocycles.